The molecule has 3 unspecified atom stereocenters. The molecule has 1 aliphatic rings. The number of rotatable bonds is 5. The smallest absolute Gasteiger partial charge is 0.227 e. The molecule has 0 aromatic carbocycles. The van der Waals surface area contributed by atoms with Gasteiger partial charge in [-0.15, -0.1) is 0 Å². The molecule has 100 valence electrons. The normalized spacial score (nSPS) is 29.1. The Hall–Kier alpha value is -0.610. The molecule has 1 aliphatic carbocycles. The first-order valence-electron chi connectivity index (χ1n) is 6.77. The van der Waals surface area contributed by atoms with Gasteiger partial charge in [0.25, 0.3) is 0 Å². The maximum absolute atomic E-state index is 12.4. The van der Waals surface area contributed by atoms with Gasteiger partial charge in [-0.1, -0.05) is 20.3 Å². The van der Waals surface area contributed by atoms with Crippen molar-refractivity contribution in [3.63, 3.8) is 0 Å². The number of aliphatic hydroxyl groups is 1. The van der Waals surface area contributed by atoms with Crippen molar-refractivity contribution in [3.05, 3.63) is 0 Å². The second-order valence-electron chi connectivity index (χ2n) is 5.15. The lowest BCUT2D eigenvalue weighted by Crippen LogP contribution is -2.49. The summed E-state index contributed by atoms with van der Waals surface area (Å²) >= 11 is 0. The van der Waals surface area contributed by atoms with Crippen LogP contribution in [-0.2, 0) is 4.79 Å². The molecule has 1 saturated carbocycles. The van der Waals surface area contributed by atoms with Gasteiger partial charge in [0.15, 0.2) is 0 Å². The highest BCUT2D eigenvalue weighted by atomic mass is 16.3. The highest BCUT2D eigenvalue weighted by Gasteiger charge is 2.36. The van der Waals surface area contributed by atoms with E-state index in [0.29, 0.717) is 12.5 Å². The van der Waals surface area contributed by atoms with Crippen molar-refractivity contribution >= 4 is 5.91 Å². The Morgan fingerprint density at radius 2 is 2.12 bits per heavy atom. The van der Waals surface area contributed by atoms with Crippen molar-refractivity contribution in [2.45, 2.75) is 45.6 Å². The molecule has 0 aromatic heterocycles. The highest BCUT2D eigenvalue weighted by Crippen LogP contribution is 2.30. The highest BCUT2D eigenvalue weighted by molar-refractivity contribution is 5.80. The van der Waals surface area contributed by atoms with E-state index in [1.54, 1.807) is 4.90 Å². The van der Waals surface area contributed by atoms with E-state index in [4.69, 9.17) is 10.8 Å². The van der Waals surface area contributed by atoms with Crippen LogP contribution in [0.25, 0.3) is 0 Å². The molecule has 17 heavy (non-hydrogen) atoms. The van der Waals surface area contributed by atoms with Crippen LogP contribution in [0, 0.1) is 11.8 Å². The van der Waals surface area contributed by atoms with Crippen LogP contribution in [-0.4, -0.2) is 41.7 Å². The Morgan fingerprint density at radius 3 is 2.65 bits per heavy atom. The number of carbonyl (C=O) groups is 1. The van der Waals surface area contributed by atoms with Crippen LogP contribution in [0.5, 0.6) is 0 Å². The maximum atomic E-state index is 12.4. The lowest BCUT2D eigenvalue weighted by molar-refractivity contribution is -0.139. The van der Waals surface area contributed by atoms with E-state index < -0.39 is 0 Å². The second kappa shape index (κ2) is 6.97. The zero-order valence-corrected chi connectivity index (χ0v) is 11.1. The number of nitrogens with zero attached hydrogens (tertiary/aromatic N) is 1. The molecule has 0 radical (unpaired) electrons. The van der Waals surface area contributed by atoms with E-state index in [0.717, 1.165) is 32.2 Å². The van der Waals surface area contributed by atoms with Gasteiger partial charge in [0, 0.05) is 19.1 Å². The minimum Gasteiger partial charge on any atom is -0.395 e. The van der Waals surface area contributed by atoms with Crippen molar-refractivity contribution in [1.82, 2.24) is 4.90 Å². The molecule has 4 nitrogen and oxygen atoms in total. The zero-order chi connectivity index (χ0) is 12.8. The fraction of sp³-hybridized carbons (Fsp3) is 0.923. The predicted molar refractivity (Wildman–Crippen MR) is 68.4 cm³/mol. The van der Waals surface area contributed by atoms with E-state index >= 15 is 0 Å². The van der Waals surface area contributed by atoms with Crippen LogP contribution in [0.4, 0.5) is 0 Å². The Balaban J connectivity index is 2.69. The lowest BCUT2D eigenvalue weighted by Gasteiger charge is -2.36. The molecule has 0 aromatic rings. The van der Waals surface area contributed by atoms with Crippen LogP contribution in [0.2, 0.25) is 0 Å². The quantitative estimate of drug-likeness (QED) is 0.755. The maximum Gasteiger partial charge on any atom is 0.227 e. The van der Waals surface area contributed by atoms with Crippen LogP contribution < -0.4 is 5.73 Å². The fourth-order valence-electron chi connectivity index (χ4n) is 2.82. The van der Waals surface area contributed by atoms with Gasteiger partial charge in [-0.05, 0) is 25.2 Å². The van der Waals surface area contributed by atoms with Gasteiger partial charge in [-0.25, -0.2) is 0 Å². The molecule has 0 saturated heterocycles. The molecule has 1 rings (SSSR count). The topological polar surface area (TPSA) is 66.6 Å². The monoisotopic (exact) mass is 242 g/mol. The summed E-state index contributed by atoms with van der Waals surface area (Å²) in [5.74, 6) is 0.451. The van der Waals surface area contributed by atoms with Crippen LogP contribution in [0.3, 0.4) is 0 Å². The van der Waals surface area contributed by atoms with Crippen molar-refractivity contribution < 1.29 is 9.90 Å². The predicted octanol–water partition coefficient (Wildman–Crippen LogP) is 0.981. The Kier molecular flexibility index (Phi) is 5.92. The van der Waals surface area contributed by atoms with E-state index in [-0.39, 0.29) is 24.5 Å². The van der Waals surface area contributed by atoms with E-state index in [1.807, 2.05) is 6.92 Å². The number of hydrogen-bond acceptors (Lipinski definition) is 3. The van der Waals surface area contributed by atoms with Crippen LogP contribution >= 0.6 is 0 Å². The summed E-state index contributed by atoms with van der Waals surface area (Å²) in [6, 6.07) is -0.00991. The summed E-state index contributed by atoms with van der Waals surface area (Å²) in [6.07, 6.45) is 4.07. The Morgan fingerprint density at radius 1 is 1.41 bits per heavy atom. The first-order valence-corrected chi connectivity index (χ1v) is 6.77. The number of nitrogens with two attached hydrogens (primary N) is 1. The van der Waals surface area contributed by atoms with Gasteiger partial charge in [0.2, 0.25) is 5.91 Å². The molecule has 3 N–H and O–H groups in total. The molecule has 0 spiro atoms. The first-order chi connectivity index (χ1) is 8.11. The SMILES string of the molecule is CCCN(CCO)C(=O)C1C(C)CCCC1N. The van der Waals surface area contributed by atoms with Crippen molar-refractivity contribution in [3.8, 4) is 0 Å². The molecule has 3 atom stereocenters. The average molecular weight is 242 g/mol. The number of amides is 1. The van der Waals surface area contributed by atoms with Crippen molar-refractivity contribution in [2.24, 2.45) is 17.6 Å². The average Bonchev–Trinajstić information content (AvgIpc) is 2.28. The summed E-state index contributed by atoms with van der Waals surface area (Å²) < 4.78 is 0. The van der Waals surface area contributed by atoms with Crippen molar-refractivity contribution in [1.29, 1.82) is 0 Å². The van der Waals surface area contributed by atoms with Gasteiger partial charge in [-0.3, -0.25) is 4.79 Å². The summed E-state index contributed by atoms with van der Waals surface area (Å²) in [5, 5.41) is 9.02. The third kappa shape index (κ3) is 3.68. The summed E-state index contributed by atoms with van der Waals surface area (Å²) in [4.78, 5) is 14.2. The van der Waals surface area contributed by atoms with Crippen LogP contribution in [0.1, 0.15) is 39.5 Å². The van der Waals surface area contributed by atoms with E-state index in [2.05, 4.69) is 6.92 Å². The Labute approximate surface area is 104 Å². The molecular weight excluding hydrogens is 216 g/mol. The standard InChI is InChI=1S/C13H26N2O2/c1-3-7-15(8-9-16)13(17)12-10(2)5-4-6-11(12)14/h10-12,16H,3-9,14H2,1-2H3. The third-order valence-electron chi connectivity index (χ3n) is 3.73. The first kappa shape index (κ1) is 14.5. The van der Waals surface area contributed by atoms with Gasteiger partial charge in [0.1, 0.15) is 0 Å². The van der Waals surface area contributed by atoms with Gasteiger partial charge >= 0.3 is 0 Å². The van der Waals surface area contributed by atoms with E-state index in [1.165, 1.54) is 0 Å². The van der Waals surface area contributed by atoms with E-state index in [9.17, 15) is 4.79 Å². The molecule has 0 aliphatic heterocycles. The zero-order valence-electron chi connectivity index (χ0n) is 11.1. The summed E-state index contributed by atoms with van der Waals surface area (Å²) in [6.45, 7) is 5.34. The van der Waals surface area contributed by atoms with Gasteiger partial charge in [0.05, 0.1) is 12.5 Å². The molecular formula is C13H26N2O2. The molecule has 1 amide bonds. The summed E-state index contributed by atoms with van der Waals surface area (Å²) in [7, 11) is 0. The molecule has 4 heteroatoms. The largest absolute Gasteiger partial charge is 0.395 e. The molecule has 0 heterocycles. The number of hydrogen-bond donors (Lipinski definition) is 2. The minimum absolute atomic E-state index is 0.00991. The third-order valence-corrected chi connectivity index (χ3v) is 3.73. The van der Waals surface area contributed by atoms with Crippen LogP contribution in [0.15, 0.2) is 0 Å². The van der Waals surface area contributed by atoms with Gasteiger partial charge < -0.3 is 15.7 Å². The van der Waals surface area contributed by atoms with Crippen molar-refractivity contribution in [2.75, 3.05) is 19.7 Å². The Bertz CT molecular complexity index is 230. The minimum atomic E-state index is -0.0538. The number of carbonyl (C=O) groups excluding carboxylic acids is 1. The molecule has 1 fully saturated rings. The van der Waals surface area contributed by atoms with Gasteiger partial charge in [-0.2, -0.15) is 0 Å². The molecule has 0 bridgehead atoms. The lowest BCUT2D eigenvalue weighted by atomic mass is 9.76. The second-order valence-corrected chi connectivity index (χ2v) is 5.15. The number of aliphatic hydroxyl groups excluding tert-OH is 1. The fourth-order valence-corrected chi connectivity index (χ4v) is 2.82. The summed E-state index contributed by atoms with van der Waals surface area (Å²) in [5.41, 5.74) is 6.09.